The summed E-state index contributed by atoms with van der Waals surface area (Å²) >= 11 is 5.79. The Balaban J connectivity index is 2.05. The fraction of sp³-hybridized carbons (Fsp3) is 0.429. The molecule has 1 saturated heterocycles. The van der Waals surface area contributed by atoms with Crippen LogP contribution in [0.2, 0.25) is 5.02 Å². The first kappa shape index (κ1) is 15.6. The van der Waals surface area contributed by atoms with E-state index in [1.165, 1.54) is 12.1 Å². The van der Waals surface area contributed by atoms with Crippen molar-refractivity contribution in [2.45, 2.75) is 19.4 Å². The number of hydrogen-bond acceptors (Lipinski definition) is 3. The van der Waals surface area contributed by atoms with Crippen molar-refractivity contribution in [1.82, 2.24) is 4.90 Å². The van der Waals surface area contributed by atoms with Crippen LogP contribution in [-0.2, 0) is 4.74 Å². The van der Waals surface area contributed by atoms with Crippen molar-refractivity contribution >= 4 is 29.3 Å². The highest BCUT2D eigenvalue weighted by Gasteiger charge is 2.23. The average molecular weight is 313 g/mol. The molecule has 2 N–H and O–H groups in total. The Hall–Kier alpha value is -1.79. The van der Waals surface area contributed by atoms with Gasteiger partial charge in [-0.15, -0.1) is 0 Å². The highest BCUT2D eigenvalue weighted by Crippen LogP contribution is 2.21. The van der Waals surface area contributed by atoms with Gasteiger partial charge >= 0.3 is 12.0 Å². The number of carbonyl (C=O) groups excluding carboxylic acids is 1. The minimum Gasteiger partial charge on any atom is -0.478 e. The summed E-state index contributed by atoms with van der Waals surface area (Å²) in [5.74, 6) is -1.13. The lowest BCUT2D eigenvalue weighted by Gasteiger charge is -2.32. The summed E-state index contributed by atoms with van der Waals surface area (Å²) < 4.78 is 5.51. The van der Waals surface area contributed by atoms with E-state index >= 15 is 0 Å². The van der Waals surface area contributed by atoms with Gasteiger partial charge in [-0.05, 0) is 24.6 Å². The van der Waals surface area contributed by atoms with Crippen LogP contribution in [0.3, 0.4) is 0 Å². The van der Waals surface area contributed by atoms with E-state index in [0.717, 1.165) is 6.42 Å². The van der Waals surface area contributed by atoms with E-state index in [1.807, 2.05) is 6.92 Å². The van der Waals surface area contributed by atoms with Crippen molar-refractivity contribution in [2.75, 3.05) is 25.0 Å². The van der Waals surface area contributed by atoms with Gasteiger partial charge in [0, 0.05) is 18.8 Å². The van der Waals surface area contributed by atoms with Crippen LogP contribution in [0.5, 0.6) is 0 Å². The molecule has 2 amide bonds. The number of rotatable bonds is 3. The standard InChI is InChI=1S/C14H17ClN2O4/c1-2-10-8-17(5-6-21-10)14(20)16-9-3-4-12(15)11(7-9)13(18)19/h3-4,7,10H,2,5-6,8H2,1H3,(H,16,20)(H,18,19). The Labute approximate surface area is 127 Å². The number of halogens is 1. The first-order valence-electron chi connectivity index (χ1n) is 6.71. The van der Waals surface area contributed by atoms with E-state index in [0.29, 0.717) is 25.4 Å². The molecule has 0 radical (unpaired) electrons. The molecule has 1 fully saturated rings. The molecule has 21 heavy (non-hydrogen) atoms. The number of anilines is 1. The number of ether oxygens (including phenoxy) is 1. The van der Waals surface area contributed by atoms with E-state index in [9.17, 15) is 9.59 Å². The van der Waals surface area contributed by atoms with Crippen molar-refractivity contribution in [3.8, 4) is 0 Å². The molecule has 1 unspecified atom stereocenters. The lowest BCUT2D eigenvalue weighted by atomic mass is 10.2. The number of carbonyl (C=O) groups is 2. The number of aromatic carboxylic acids is 1. The van der Waals surface area contributed by atoms with E-state index < -0.39 is 5.97 Å². The molecule has 7 heteroatoms. The van der Waals surface area contributed by atoms with Crippen LogP contribution >= 0.6 is 11.6 Å². The normalized spacial score (nSPS) is 18.4. The lowest BCUT2D eigenvalue weighted by molar-refractivity contribution is -0.0134. The van der Waals surface area contributed by atoms with Crippen LogP contribution in [0, 0.1) is 0 Å². The van der Waals surface area contributed by atoms with Crippen LogP contribution in [0.25, 0.3) is 0 Å². The molecular formula is C14H17ClN2O4. The zero-order chi connectivity index (χ0) is 15.4. The number of benzene rings is 1. The fourth-order valence-electron chi connectivity index (χ4n) is 2.12. The van der Waals surface area contributed by atoms with Gasteiger partial charge in [0.15, 0.2) is 0 Å². The largest absolute Gasteiger partial charge is 0.478 e. The number of morpholine rings is 1. The highest BCUT2D eigenvalue weighted by molar-refractivity contribution is 6.33. The van der Waals surface area contributed by atoms with Gasteiger partial charge in [0.1, 0.15) is 0 Å². The number of nitrogens with zero attached hydrogens (tertiary/aromatic N) is 1. The molecule has 0 bridgehead atoms. The lowest BCUT2D eigenvalue weighted by Crippen LogP contribution is -2.47. The molecule has 0 spiro atoms. The summed E-state index contributed by atoms with van der Waals surface area (Å²) in [4.78, 5) is 24.9. The van der Waals surface area contributed by atoms with Crippen LogP contribution in [0.15, 0.2) is 18.2 Å². The third-order valence-corrected chi connectivity index (χ3v) is 3.66. The summed E-state index contributed by atoms with van der Waals surface area (Å²) in [6, 6.07) is 4.11. The number of amides is 2. The molecule has 2 rings (SSSR count). The minimum atomic E-state index is -1.13. The highest BCUT2D eigenvalue weighted by atomic mass is 35.5. The molecule has 1 heterocycles. The van der Waals surface area contributed by atoms with Gasteiger partial charge < -0.3 is 20.1 Å². The average Bonchev–Trinajstić information content (AvgIpc) is 2.49. The molecule has 1 aromatic carbocycles. The topological polar surface area (TPSA) is 78.9 Å². The summed E-state index contributed by atoms with van der Waals surface area (Å²) in [6.45, 7) is 3.56. The van der Waals surface area contributed by atoms with E-state index in [1.54, 1.807) is 11.0 Å². The first-order valence-corrected chi connectivity index (χ1v) is 7.09. The number of carboxylic acids is 1. The Morgan fingerprint density at radius 2 is 2.29 bits per heavy atom. The molecule has 114 valence electrons. The van der Waals surface area contributed by atoms with Crippen LogP contribution in [-0.4, -0.2) is 47.8 Å². The van der Waals surface area contributed by atoms with E-state index in [2.05, 4.69) is 5.32 Å². The van der Waals surface area contributed by atoms with Crippen molar-refractivity contribution in [3.05, 3.63) is 28.8 Å². The van der Waals surface area contributed by atoms with Crippen LogP contribution in [0.1, 0.15) is 23.7 Å². The van der Waals surface area contributed by atoms with Crippen molar-refractivity contribution < 1.29 is 19.4 Å². The van der Waals surface area contributed by atoms with Gasteiger partial charge in [-0.25, -0.2) is 9.59 Å². The quantitative estimate of drug-likeness (QED) is 0.899. The number of carboxylic acid groups (broad SMARTS) is 1. The molecule has 6 nitrogen and oxygen atoms in total. The molecule has 0 aliphatic carbocycles. The SMILES string of the molecule is CCC1CN(C(=O)Nc2ccc(Cl)c(C(=O)O)c2)CCO1. The molecule has 1 aromatic rings. The zero-order valence-corrected chi connectivity index (χ0v) is 12.4. The van der Waals surface area contributed by atoms with Gasteiger partial charge in [-0.2, -0.15) is 0 Å². The third-order valence-electron chi connectivity index (χ3n) is 3.33. The second kappa shape index (κ2) is 6.78. The summed E-state index contributed by atoms with van der Waals surface area (Å²) in [7, 11) is 0. The number of hydrogen-bond donors (Lipinski definition) is 2. The summed E-state index contributed by atoms with van der Waals surface area (Å²) in [5.41, 5.74) is 0.365. The van der Waals surface area contributed by atoms with Gasteiger partial charge in [0.2, 0.25) is 0 Å². The smallest absolute Gasteiger partial charge is 0.337 e. The molecule has 0 aromatic heterocycles. The first-order chi connectivity index (χ1) is 10.0. The second-order valence-corrected chi connectivity index (χ2v) is 5.18. The van der Waals surface area contributed by atoms with E-state index in [-0.39, 0.29) is 22.7 Å². The second-order valence-electron chi connectivity index (χ2n) is 4.78. The maximum atomic E-state index is 12.2. The Kier molecular flexibility index (Phi) is 5.03. The molecule has 1 aliphatic rings. The van der Waals surface area contributed by atoms with Crippen molar-refractivity contribution in [1.29, 1.82) is 0 Å². The van der Waals surface area contributed by atoms with Gasteiger partial charge in [0.05, 0.1) is 23.3 Å². The molecular weight excluding hydrogens is 296 g/mol. The monoisotopic (exact) mass is 312 g/mol. The Bertz CT molecular complexity index is 550. The summed E-state index contributed by atoms with van der Waals surface area (Å²) in [5, 5.41) is 11.8. The van der Waals surface area contributed by atoms with Gasteiger partial charge in [-0.1, -0.05) is 18.5 Å². The predicted octanol–water partition coefficient (Wildman–Crippen LogP) is 2.68. The Morgan fingerprint density at radius 3 is 2.95 bits per heavy atom. The van der Waals surface area contributed by atoms with Crippen LogP contribution in [0.4, 0.5) is 10.5 Å². The molecule has 0 saturated carbocycles. The van der Waals surface area contributed by atoms with Gasteiger partial charge in [-0.3, -0.25) is 0 Å². The summed E-state index contributed by atoms with van der Waals surface area (Å²) in [6.07, 6.45) is 0.887. The fourth-order valence-corrected chi connectivity index (χ4v) is 2.32. The molecule has 1 atom stereocenters. The zero-order valence-electron chi connectivity index (χ0n) is 11.6. The maximum Gasteiger partial charge on any atom is 0.337 e. The minimum absolute atomic E-state index is 0.0390. The maximum absolute atomic E-state index is 12.2. The number of nitrogens with one attached hydrogen (secondary N) is 1. The van der Waals surface area contributed by atoms with Crippen molar-refractivity contribution in [2.24, 2.45) is 0 Å². The van der Waals surface area contributed by atoms with Gasteiger partial charge in [0.25, 0.3) is 0 Å². The Morgan fingerprint density at radius 1 is 1.52 bits per heavy atom. The van der Waals surface area contributed by atoms with Crippen LogP contribution < -0.4 is 5.32 Å². The number of urea groups is 1. The van der Waals surface area contributed by atoms with Crippen molar-refractivity contribution in [3.63, 3.8) is 0 Å². The molecule has 1 aliphatic heterocycles. The third kappa shape index (κ3) is 3.86. The van der Waals surface area contributed by atoms with E-state index in [4.69, 9.17) is 21.4 Å². The predicted molar refractivity (Wildman–Crippen MR) is 79.0 cm³/mol.